The molecule has 21 heavy (non-hydrogen) atoms. The molecule has 0 bridgehead atoms. The number of aromatic carboxylic acids is 1. The van der Waals surface area contributed by atoms with Crippen molar-refractivity contribution in [2.75, 3.05) is 13.1 Å². The fourth-order valence-corrected chi connectivity index (χ4v) is 4.44. The van der Waals surface area contributed by atoms with Crippen LogP contribution in [0.1, 0.15) is 37.4 Å². The average Bonchev–Trinajstić information content (AvgIpc) is 2.83. The van der Waals surface area contributed by atoms with E-state index in [1.807, 2.05) is 0 Å². The largest absolute Gasteiger partial charge is 0.477 e. The zero-order valence-corrected chi connectivity index (χ0v) is 14.3. The molecule has 6 nitrogen and oxygen atoms in total. The van der Waals surface area contributed by atoms with Crippen LogP contribution in [0.15, 0.2) is 16.3 Å². The van der Waals surface area contributed by atoms with E-state index in [9.17, 15) is 13.2 Å². The first-order valence-corrected chi connectivity index (χ1v) is 9.09. The summed E-state index contributed by atoms with van der Waals surface area (Å²) in [5.74, 6) is -1.23. The van der Waals surface area contributed by atoms with Gasteiger partial charge < -0.3 is 5.11 Å². The summed E-state index contributed by atoms with van der Waals surface area (Å²) in [7, 11) is -3.79. The van der Waals surface area contributed by atoms with Crippen molar-refractivity contribution in [3.8, 4) is 0 Å². The van der Waals surface area contributed by atoms with Gasteiger partial charge in [-0.1, -0.05) is 0 Å². The molecule has 1 rings (SSSR count). The van der Waals surface area contributed by atoms with Crippen LogP contribution in [0.5, 0.6) is 0 Å². The van der Waals surface area contributed by atoms with Crippen LogP contribution in [0.3, 0.4) is 0 Å². The van der Waals surface area contributed by atoms with Crippen molar-refractivity contribution in [1.29, 1.82) is 0 Å². The lowest BCUT2D eigenvalue weighted by molar-refractivity contribution is 0.0698. The number of nitrogens with zero attached hydrogens (tertiary/aromatic N) is 1. The Morgan fingerprint density at radius 2 is 1.90 bits per heavy atom. The highest BCUT2D eigenvalue weighted by molar-refractivity contribution is 7.89. The lowest BCUT2D eigenvalue weighted by Gasteiger charge is -2.30. The van der Waals surface area contributed by atoms with Gasteiger partial charge in [0.15, 0.2) is 0 Å². The molecule has 0 aromatic carbocycles. The van der Waals surface area contributed by atoms with Crippen LogP contribution in [0.2, 0.25) is 0 Å². The molecule has 1 aromatic rings. The highest BCUT2D eigenvalue weighted by Gasteiger charge is 2.24. The molecule has 2 N–H and O–H groups in total. The minimum absolute atomic E-state index is 0.160. The minimum Gasteiger partial charge on any atom is -0.477 e. The summed E-state index contributed by atoms with van der Waals surface area (Å²) in [5.41, 5.74) is 0. The first kappa shape index (κ1) is 18.1. The van der Waals surface area contributed by atoms with Crippen LogP contribution in [-0.4, -0.2) is 49.6 Å². The summed E-state index contributed by atoms with van der Waals surface area (Å²) in [5, 5.41) is 10.5. The van der Waals surface area contributed by atoms with Gasteiger partial charge in [-0.05, 0) is 39.1 Å². The Morgan fingerprint density at radius 1 is 1.33 bits per heavy atom. The number of nitrogens with one attached hydrogen (secondary N) is 1. The second-order valence-electron chi connectivity index (χ2n) is 5.24. The molecule has 0 spiro atoms. The van der Waals surface area contributed by atoms with Gasteiger partial charge >= 0.3 is 5.97 Å². The fourth-order valence-electron chi connectivity index (χ4n) is 2.16. The molecule has 0 radical (unpaired) electrons. The lowest BCUT2D eigenvalue weighted by Crippen LogP contribution is -2.42. The molecule has 1 heterocycles. The molecule has 0 fully saturated rings. The summed E-state index contributed by atoms with van der Waals surface area (Å²) < 4.78 is 26.8. The predicted octanol–water partition coefficient (Wildman–Crippen LogP) is 1.84. The Kier molecular flexibility index (Phi) is 6.33. The number of carboxylic acids is 1. The number of rotatable bonds is 8. The number of sulfonamides is 1. The van der Waals surface area contributed by atoms with Crippen molar-refractivity contribution < 1.29 is 18.3 Å². The van der Waals surface area contributed by atoms with E-state index in [0.717, 1.165) is 11.3 Å². The first-order chi connectivity index (χ1) is 9.66. The van der Waals surface area contributed by atoms with Gasteiger partial charge in [0.1, 0.15) is 9.77 Å². The van der Waals surface area contributed by atoms with Gasteiger partial charge in [0.2, 0.25) is 10.0 Å². The van der Waals surface area contributed by atoms with Gasteiger partial charge in [0.05, 0.1) is 0 Å². The van der Waals surface area contributed by atoms with Crippen molar-refractivity contribution >= 4 is 27.3 Å². The summed E-state index contributed by atoms with van der Waals surface area (Å²) in [4.78, 5) is 12.8. The molecule has 0 amide bonds. The van der Waals surface area contributed by atoms with E-state index in [4.69, 9.17) is 5.11 Å². The Morgan fingerprint density at radius 3 is 2.38 bits per heavy atom. The minimum atomic E-state index is -3.79. The first-order valence-electron chi connectivity index (χ1n) is 6.73. The van der Waals surface area contributed by atoms with Crippen LogP contribution in [0.4, 0.5) is 0 Å². The van der Waals surface area contributed by atoms with Crippen LogP contribution in [0, 0.1) is 0 Å². The number of hydrogen-bond acceptors (Lipinski definition) is 5. The van der Waals surface area contributed by atoms with Gasteiger partial charge in [-0.2, -0.15) is 0 Å². The Labute approximate surface area is 129 Å². The fraction of sp³-hybridized carbons (Fsp3) is 0.615. The number of hydrogen-bond donors (Lipinski definition) is 2. The Bertz CT molecular complexity index is 571. The zero-order chi connectivity index (χ0) is 16.2. The monoisotopic (exact) mass is 334 g/mol. The third kappa shape index (κ3) is 4.77. The summed E-state index contributed by atoms with van der Waals surface area (Å²) >= 11 is 0.905. The van der Waals surface area contributed by atoms with Gasteiger partial charge in [0.25, 0.3) is 0 Å². The zero-order valence-electron chi connectivity index (χ0n) is 12.7. The number of carboxylic acid groups (broad SMARTS) is 1. The summed E-state index contributed by atoms with van der Waals surface area (Å²) in [6, 6.07) is 1.94. The SMILES string of the molecule is CC(C)N(CCNS(=O)(=O)c1ccsc1C(=O)O)C(C)C. The Hall–Kier alpha value is -0.960. The van der Waals surface area contributed by atoms with Crippen LogP contribution < -0.4 is 4.72 Å². The van der Waals surface area contributed by atoms with Crippen LogP contribution in [-0.2, 0) is 10.0 Å². The highest BCUT2D eigenvalue weighted by atomic mass is 32.2. The summed E-state index contributed by atoms with van der Waals surface area (Å²) in [6.07, 6.45) is 0. The molecule has 0 saturated heterocycles. The molecule has 8 heteroatoms. The van der Waals surface area contributed by atoms with Crippen molar-refractivity contribution in [3.63, 3.8) is 0 Å². The van der Waals surface area contributed by atoms with E-state index in [-0.39, 0.29) is 16.3 Å². The van der Waals surface area contributed by atoms with Crippen molar-refractivity contribution in [3.05, 3.63) is 16.3 Å². The molecule has 0 unspecified atom stereocenters. The Balaban J connectivity index is 2.74. The van der Waals surface area contributed by atoms with Crippen molar-refractivity contribution in [2.24, 2.45) is 0 Å². The van der Waals surface area contributed by atoms with E-state index < -0.39 is 16.0 Å². The highest BCUT2D eigenvalue weighted by Crippen LogP contribution is 2.21. The van der Waals surface area contributed by atoms with Gasteiger partial charge in [0, 0.05) is 25.2 Å². The quantitative estimate of drug-likeness (QED) is 0.757. The third-order valence-corrected chi connectivity index (χ3v) is 5.64. The third-order valence-electron chi connectivity index (χ3n) is 3.10. The van der Waals surface area contributed by atoms with Gasteiger partial charge in [-0.3, -0.25) is 4.90 Å². The molecule has 0 aliphatic carbocycles. The second kappa shape index (κ2) is 7.35. The topological polar surface area (TPSA) is 86.7 Å². The number of thiophene rings is 1. The maximum absolute atomic E-state index is 12.2. The van der Waals surface area contributed by atoms with E-state index >= 15 is 0 Å². The standard InChI is InChI=1S/C13H22N2O4S2/c1-9(2)15(10(3)4)7-6-14-21(18,19)11-5-8-20-12(11)13(16)17/h5,8-10,14H,6-7H2,1-4H3,(H,16,17). The maximum Gasteiger partial charge on any atom is 0.347 e. The van der Waals surface area contributed by atoms with Crippen molar-refractivity contribution in [2.45, 2.75) is 44.7 Å². The maximum atomic E-state index is 12.2. The molecule has 0 aliphatic rings. The molecule has 0 saturated carbocycles. The molecule has 120 valence electrons. The molecule has 0 atom stereocenters. The lowest BCUT2D eigenvalue weighted by atomic mass is 10.2. The van der Waals surface area contributed by atoms with Crippen molar-refractivity contribution in [1.82, 2.24) is 9.62 Å². The van der Waals surface area contributed by atoms with Crippen LogP contribution in [0.25, 0.3) is 0 Å². The molecule has 0 aliphatic heterocycles. The second-order valence-corrected chi connectivity index (χ2v) is 7.89. The van der Waals surface area contributed by atoms with Crippen LogP contribution >= 0.6 is 11.3 Å². The number of carbonyl (C=O) groups is 1. The summed E-state index contributed by atoms with van der Waals surface area (Å²) in [6.45, 7) is 9.02. The van der Waals surface area contributed by atoms with Gasteiger partial charge in [-0.25, -0.2) is 17.9 Å². The van der Waals surface area contributed by atoms with E-state index in [1.54, 1.807) is 0 Å². The average molecular weight is 334 g/mol. The normalized spacial score (nSPS) is 12.5. The van der Waals surface area contributed by atoms with E-state index in [1.165, 1.54) is 11.4 Å². The van der Waals surface area contributed by atoms with Gasteiger partial charge in [-0.15, -0.1) is 11.3 Å². The molecule has 1 aromatic heterocycles. The van der Waals surface area contributed by atoms with E-state index in [2.05, 4.69) is 37.3 Å². The molecular weight excluding hydrogens is 312 g/mol. The van der Waals surface area contributed by atoms with E-state index in [0.29, 0.717) is 18.6 Å². The molecular formula is C13H22N2O4S2. The smallest absolute Gasteiger partial charge is 0.347 e. The predicted molar refractivity (Wildman–Crippen MR) is 83.4 cm³/mol.